The van der Waals surface area contributed by atoms with Crippen LogP contribution in [0.25, 0.3) is 0 Å². The topological polar surface area (TPSA) is 149 Å². The van der Waals surface area contributed by atoms with Crippen LogP contribution in [-0.4, -0.2) is 58.7 Å². The fraction of sp³-hybridized carbons (Fsp3) is 0.591. The standard InChI is InChI=1S/C22H31N3O8S/c26-20(25-22(28)24-16-6-3-4-7-16)15-33-21(27)8-2-1-5-11-23-34(29,30)17-9-10-18-19(14-17)32-13-12-31-18/h9-10,14,16,23H,1-8,11-13,15H2,(H2,24,25,26,28). The third-order valence-electron chi connectivity index (χ3n) is 5.48. The van der Waals surface area contributed by atoms with Crippen molar-refractivity contribution in [2.24, 2.45) is 0 Å². The molecule has 3 N–H and O–H groups in total. The lowest BCUT2D eigenvalue weighted by atomic mass is 10.2. The van der Waals surface area contributed by atoms with Gasteiger partial charge in [-0.2, -0.15) is 0 Å². The minimum absolute atomic E-state index is 0.0847. The molecule has 0 spiro atoms. The van der Waals surface area contributed by atoms with Crippen molar-refractivity contribution in [3.8, 4) is 11.5 Å². The number of amides is 3. The van der Waals surface area contributed by atoms with Gasteiger partial charge in [0, 0.05) is 25.1 Å². The molecule has 12 heteroatoms. The van der Waals surface area contributed by atoms with Gasteiger partial charge in [0.2, 0.25) is 10.0 Å². The van der Waals surface area contributed by atoms with E-state index in [0.29, 0.717) is 44.0 Å². The smallest absolute Gasteiger partial charge is 0.321 e. The number of carbonyl (C=O) groups is 3. The molecule has 0 unspecified atom stereocenters. The maximum atomic E-state index is 12.4. The first-order valence-electron chi connectivity index (χ1n) is 11.5. The van der Waals surface area contributed by atoms with Gasteiger partial charge in [0.15, 0.2) is 18.1 Å². The minimum atomic E-state index is -3.69. The Bertz CT molecular complexity index is 976. The van der Waals surface area contributed by atoms with E-state index >= 15 is 0 Å². The van der Waals surface area contributed by atoms with E-state index in [0.717, 1.165) is 25.7 Å². The van der Waals surface area contributed by atoms with E-state index < -0.39 is 34.5 Å². The fourth-order valence-electron chi connectivity index (χ4n) is 3.72. The van der Waals surface area contributed by atoms with Crippen LogP contribution in [0.2, 0.25) is 0 Å². The Balaban J connectivity index is 1.25. The molecule has 1 heterocycles. The molecule has 0 atom stereocenters. The van der Waals surface area contributed by atoms with Crippen molar-refractivity contribution in [2.45, 2.75) is 62.3 Å². The molecule has 1 aliphatic carbocycles. The highest BCUT2D eigenvalue weighted by atomic mass is 32.2. The molecule has 1 aromatic rings. The van der Waals surface area contributed by atoms with Gasteiger partial charge in [-0.3, -0.25) is 14.9 Å². The van der Waals surface area contributed by atoms with Crippen molar-refractivity contribution >= 4 is 27.9 Å². The van der Waals surface area contributed by atoms with Crippen molar-refractivity contribution in [1.82, 2.24) is 15.4 Å². The average molecular weight is 498 g/mol. The quantitative estimate of drug-likeness (QED) is 0.308. The van der Waals surface area contributed by atoms with Gasteiger partial charge in [-0.25, -0.2) is 17.9 Å². The summed E-state index contributed by atoms with van der Waals surface area (Å²) in [5.41, 5.74) is 0. The molecule has 0 bridgehead atoms. The Morgan fingerprint density at radius 3 is 2.50 bits per heavy atom. The summed E-state index contributed by atoms with van der Waals surface area (Å²) in [6.07, 6.45) is 5.61. The highest BCUT2D eigenvalue weighted by Crippen LogP contribution is 2.32. The van der Waals surface area contributed by atoms with Gasteiger partial charge >= 0.3 is 12.0 Å². The Morgan fingerprint density at radius 1 is 1.00 bits per heavy atom. The van der Waals surface area contributed by atoms with Crippen LogP contribution in [-0.2, 0) is 24.3 Å². The van der Waals surface area contributed by atoms with Gasteiger partial charge in [0.1, 0.15) is 13.2 Å². The molecular weight excluding hydrogens is 466 g/mol. The average Bonchev–Trinajstić information content (AvgIpc) is 3.32. The highest BCUT2D eigenvalue weighted by molar-refractivity contribution is 7.89. The number of rotatable bonds is 11. The number of benzene rings is 1. The first-order valence-corrected chi connectivity index (χ1v) is 13.0. The zero-order valence-corrected chi connectivity index (χ0v) is 19.8. The van der Waals surface area contributed by atoms with E-state index in [-0.39, 0.29) is 23.9 Å². The number of hydrogen-bond acceptors (Lipinski definition) is 8. The first kappa shape index (κ1) is 25.8. The molecule has 34 heavy (non-hydrogen) atoms. The van der Waals surface area contributed by atoms with Gasteiger partial charge < -0.3 is 19.5 Å². The highest BCUT2D eigenvalue weighted by Gasteiger charge is 2.20. The van der Waals surface area contributed by atoms with Crippen LogP contribution in [0.1, 0.15) is 51.4 Å². The monoisotopic (exact) mass is 497 g/mol. The van der Waals surface area contributed by atoms with Crippen molar-refractivity contribution in [1.29, 1.82) is 0 Å². The molecule has 0 saturated heterocycles. The van der Waals surface area contributed by atoms with Crippen molar-refractivity contribution in [3.63, 3.8) is 0 Å². The zero-order chi connectivity index (χ0) is 24.4. The molecule has 0 aromatic heterocycles. The van der Waals surface area contributed by atoms with Crippen molar-refractivity contribution in [3.05, 3.63) is 18.2 Å². The Morgan fingerprint density at radius 2 is 1.74 bits per heavy atom. The summed E-state index contributed by atoms with van der Waals surface area (Å²) < 4.78 is 43.1. The zero-order valence-electron chi connectivity index (χ0n) is 19.0. The third kappa shape index (κ3) is 8.17. The fourth-order valence-corrected chi connectivity index (χ4v) is 4.81. The van der Waals surface area contributed by atoms with E-state index in [1.165, 1.54) is 12.1 Å². The van der Waals surface area contributed by atoms with E-state index in [1.54, 1.807) is 6.07 Å². The summed E-state index contributed by atoms with van der Waals surface area (Å²) in [4.78, 5) is 35.3. The van der Waals surface area contributed by atoms with Crippen LogP contribution < -0.4 is 24.8 Å². The number of esters is 1. The molecule has 2 aliphatic rings. The molecule has 1 aromatic carbocycles. The molecule has 1 saturated carbocycles. The number of unbranched alkanes of at least 4 members (excludes halogenated alkanes) is 2. The predicted molar refractivity (Wildman–Crippen MR) is 121 cm³/mol. The van der Waals surface area contributed by atoms with Crippen LogP contribution in [0, 0.1) is 0 Å². The molecular formula is C22H31N3O8S. The van der Waals surface area contributed by atoms with E-state index in [4.69, 9.17) is 14.2 Å². The summed E-state index contributed by atoms with van der Waals surface area (Å²) in [6.45, 7) is 0.485. The van der Waals surface area contributed by atoms with Gasteiger partial charge in [-0.1, -0.05) is 19.3 Å². The van der Waals surface area contributed by atoms with Crippen LogP contribution in [0.15, 0.2) is 23.1 Å². The molecule has 1 aliphatic heterocycles. The number of sulfonamides is 1. The molecule has 3 rings (SSSR count). The summed E-state index contributed by atoms with van der Waals surface area (Å²) in [5.74, 6) is -0.321. The lowest BCUT2D eigenvalue weighted by Gasteiger charge is -2.18. The minimum Gasteiger partial charge on any atom is -0.486 e. The Labute approximate surface area is 198 Å². The molecule has 0 radical (unpaired) electrons. The number of carbonyl (C=O) groups excluding carboxylic acids is 3. The largest absolute Gasteiger partial charge is 0.486 e. The van der Waals surface area contributed by atoms with Crippen molar-refractivity contribution in [2.75, 3.05) is 26.4 Å². The second-order valence-corrected chi connectivity index (χ2v) is 9.94. The predicted octanol–water partition coefficient (Wildman–Crippen LogP) is 1.61. The van der Waals surface area contributed by atoms with Gasteiger partial charge in [-0.05, 0) is 37.8 Å². The van der Waals surface area contributed by atoms with Gasteiger partial charge in [0.05, 0.1) is 4.90 Å². The first-order chi connectivity index (χ1) is 16.3. The number of ether oxygens (including phenoxy) is 3. The Kier molecular flexibility index (Phi) is 9.52. The number of hydrogen-bond donors (Lipinski definition) is 3. The van der Waals surface area contributed by atoms with Crippen LogP contribution in [0.5, 0.6) is 11.5 Å². The lowest BCUT2D eigenvalue weighted by molar-refractivity contribution is -0.148. The molecule has 188 valence electrons. The van der Waals surface area contributed by atoms with Gasteiger partial charge in [0.25, 0.3) is 5.91 Å². The second-order valence-electron chi connectivity index (χ2n) is 8.18. The number of imide groups is 1. The van der Waals surface area contributed by atoms with Crippen LogP contribution in [0.3, 0.4) is 0 Å². The van der Waals surface area contributed by atoms with Gasteiger partial charge in [-0.15, -0.1) is 0 Å². The van der Waals surface area contributed by atoms with Crippen LogP contribution >= 0.6 is 0 Å². The summed E-state index contributed by atoms with van der Waals surface area (Å²) in [5, 5.41) is 4.86. The second kappa shape index (κ2) is 12.6. The van der Waals surface area contributed by atoms with E-state index in [1.807, 2.05) is 0 Å². The maximum absolute atomic E-state index is 12.4. The number of urea groups is 1. The normalized spacial score (nSPS) is 15.5. The molecule has 3 amide bonds. The summed E-state index contributed by atoms with van der Waals surface area (Å²) in [6, 6.07) is 3.96. The third-order valence-corrected chi connectivity index (χ3v) is 6.94. The van der Waals surface area contributed by atoms with Crippen LogP contribution in [0.4, 0.5) is 4.79 Å². The van der Waals surface area contributed by atoms with E-state index in [2.05, 4.69) is 15.4 Å². The molecule has 11 nitrogen and oxygen atoms in total. The Hall–Kier alpha value is -2.86. The summed E-state index contributed by atoms with van der Waals surface area (Å²) >= 11 is 0. The SMILES string of the molecule is O=C(COC(=O)CCCCCNS(=O)(=O)c1ccc2c(c1)OCCO2)NC(=O)NC1CCCC1. The van der Waals surface area contributed by atoms with Crippen molar-refractivity contribution < 1.29 is 37.0 Å². The summed E-state index contributed by atoms with van der Waals surface area (Å²) in [7, 11) is -3.69. The lowest BCUT2D eigenvalue weighted by Crippen LogP contribution is -2.44. The van der Waals surface area contributed by atoms with E-state index in [9.17, 15) is 22.8 Å². The maximum Gasteiger partial charge on any atom is 0.321 e. The number of nitrogens with one attached hydrogen (secondary N) is 3. The molecule has 1 fully saturated rings. The number of fused-ring (bicyclic) bond motifs is 1.